The van der Waals surface area contributed by atoms with E-state index >= 15 is 0 Å². The Labute approximate surface area is 123 Å². The van der Waals surface area contributed by atoms with Gasteiger partial charge in [0, 0.05) is 12.6 Å². The van der Waals surface area contributed by atoms with Gasteiger partial charge in [-0.25, -0.2) is 0 Å². The van der Waals surface area contributed by atoms with Gasteiger partial charge in [-0.05, 0) is 50.9 Å². The van der Waals surface area contributed by atoms with E-state index < -0.39 is 0 Å². The highest BCUT2D eigenvalue weighted by Gasteiger charge is 2.10. The highest BCUT2D eigenvalue weighted by molar-refractivity contribution is 5.30. The summed E-state index contributed by atoms with van der Waals surface area (Å²) < 4.78 is 11.3. The molecule has 0 fully saturated rings. The van der Waals surface area contributed by atoms with Crippen LogP contribution in [0, 0.1) is 0 Å². The van der Waals surface area contributed by atoms with Gasteiger partial charge in [-0.2, -0.15) is 0 Å². The van der Waals surface area contributed by atoms with Crippen LogP contribution in [0.15, 0.2) is 24.3 Å². The van der Waals surface area contributed by atoms with Gasteiger partial charge in [0.1, 0.15) is 11.9 Å². The van der Waals surface area contributed by atoms with Crippen molar-refractivity contribution in [2.24, 2.45) is 0 Å². The molecule has 0 bridgehead atoms. The van der Waals surface area contributed by atoms with Crippen molar-refractivity contribution in [3.05, 3.63) is 29.8 Å². The van der Waals surface area contributed by atoms with Crippen LogP contribution in [0.5, 0.6) is 5.75 Å². The van der Waals surface area contributed by atoms with Crippen molar-refractivity contribution in [3.8, 4) is 5.75 Å². The Morgan fingerprint density at radius 3 is 2.65 bits per heavy atom. The van der Waals surface area contributed by atoms with E-state index in [0.717, 1.165) is 31.7 Å². The second-order valence-corrected chi connectivity index (χ2v) is 5.08. The molecule has 0 aliphatic carbocycles. The maximum Gasteiger partial charge on any atom is 0.120 e. The van der Waals surface area contributed by atoms with Crippen LogP contribution in [0.1, 0.15) is 52.1 Å². The van der Waals surface area contributed by atoms with Crippen LogP contribution in [0.3, 0.4) is 0 Å². The molecule has 1 N–H and O–H groups in total. The topological polar surface area (TPSA) is 30.5 Å². The molecule has 0 heterocycles. The van der Waals surface area contributed by atoms with E-state index in [9.17, 15) is 0 Å². The van der Waals surface area contributed by atoms with Gasteiger partial charge < -0.3 is 14.8 Å². The molecule has 2 atom stereocenters. The first-order chi connectivity index (χ1) is 9.71. The lowest BCUT2D eigenvalue weighted by Gasteiger charge is -2.19. The van der Waals surface area contributed by atoms with Crippen molar-refractivity contribution >= 4 is 0 Å². The van der Waals surface area contributed by atoms with Crippen molar-refractivity contribution < 1.29 is 9.47 Å². The zero-order chi connectivity index (χ0) is 14.8. The lowest BCUT2D eigenvalue weighted by atomic mass is 10.0. The maximum absolute atomic E-state index is 5.90. The van der Waals surface area contributed by atoms with E-state index in [1.165, 1.54) is 5.56 Å². The van der Waals surface area contributed by atoms with E-state index in [2.05, 4.69) is 37.4 Å². The van der Waals surface area contributed by atoms with E-state index in [-0.39, 0.29) is 6.10 Å². The first kappa shape index (κ1) is 17.0. The Hall–Kier alpha value is -1.06. The second kappa shape index (κ2) is 9.78. The minimum Gasteiger partial charge on any atom is -0.488 e. The molecule has 1 rings (SSSR count). The Balaban J connectivity index is 2.63. The first-order valence-corrected chi connectivity index (χ1v) is 7.78. The van der Waals surface area contributed by atoms with E-state index in [4.69, 9.17) is 9.47 Å². The van der Waals surface area contributed by atoms with Crippen LogP contribution < -0.4 is 10.1 Å². The molecule has 3 heteroatoms. The molecule has 0 aromatic heterocycles. The Kier molecular flexibility index (Phi) is 8.31. The van der Waals surface area contributed by atoms with E-state index in [1.54, 1.807) is 0 Å². The fourth-order valence-corrected chi connectivity index (χ4v) is 2.17. The zero-order valence-electron chi connectivity index (χ0n) is 13.3. The molecule has 0 amide bonds. The molecular formula is C17H29NO2. The summed E-state index contributed by atoms with van der Waals surface area (Å²) in [6.07, 6.45) is 2.31. The predicted octanol–water partition coefficient (Wildman–Crippen LogP) is 3.94. The van der Waals surface area contributed by atoms with Gasteiger partial charge >= 0.3 is 0 Å². The summed E-state index contributed by atoms with van der Waals surface area (Å²) in [5.41, 5.74) is 1.29. The van der Waals surface area contributed by atoms with Gasteiger partial charge in [-0.3, -0.25) is 0 Å². The smallest absolute Gasteiger partial charge is 0.120 e. The summed E-state index contributed by atoms with van der Waals surface area (Å²) in [5.74, 6) is 0.923. The zero-order valence-corrected chi connectivity index (χ0v) is 13.3. The molecule has 0 aliphatic rings. The average molecular weight is 279 g/mol. The predicted molar refractivity (Wildman–Crippen MR) is 84.4 cm³/mol. The average Bonchev–Trinajstić information content (AvgIpc) is 2.46. The molecule has 0 spiro atoms. The number of ether oxygens (including phenoxy) is 2. The standard InChI is InChI=1S/C17H29NO2/c1-5-11-18-17(6-2)15-9-8-10-16(12-15)20-14(4)13-19-7-3/h8-10,12,14,17-18H,5-7,11,13H2,1-4H3. The molecule has 2 unspecified atom stereocenters. The van der Waals surface area contributed by atoms with Crippen LogP contribution in [0.4, 0.5) is 0 Å². The van der Waals surface area contributed by atoms with Gasteiger partial charge in [0.15, 0.2) is 0 Å². The molecule has 1 aromatic carbocycles. The maximum atomic E-state index is 5.90. The highest BCUT2D eigenvalue weighted by Crippen LogP contribution is 2.22. The fraction of sp³-hybridized carbons (Fsp3) is 0.647. The summed E-state index contributed by atoms with van der Waals surface area (Å²) in [4.78, 5) is 0. The van der Waals surface area contributed by atoms with Crippen molar-refractivity contribution in [2.45, 2.75) is 52.7 Å². The number of hydrogen-bond donors (Lipinski definition) is 1. The Morgan fingerprint density at radius 1 is 1.20 bits per heavy atom. The minimum atomic E-state index is 0.0777. The van der Waals surface area contributed by atoms with Crippen molar-refractivity contribution in [2.75, 3.05) is 19.8 Å². The number of nitrogens with one attached hydrogen (secondary N) is 1. The molecule has 3 nitrogen and oxygen atoms in total. The number of rotatable bonds is 10. The van der Waals surface area contributed by atoms with Crippen LogP contribution in [0.25, 0.3) is 0 Å². The number of benzene rings is 1. The summed E-state index contributed by atoms with van der Waals surface area (Å²) in [6, 6.07) is 8.78. The summed E-state index contributed by atoms with van der Waals surface area (Å²) >= 11 is 0. The third-order valence-electron chi connectivity index (χ3n) is 3.20. The normalized spacial score (nSPS) is 14.0. The molecule has 20 heavy (non-hydrogen) atoms. The highest BCUT2D eigenvalue weighted by atomic mass is 16.5. The largest absolute Gasteiger partial charge is 0.488 e. The molecule has 0 saturated carbocycles. The van der Waals surface area contributed by atoms with Gasteiger partial charge in [-0.1, -0.05) is 26.0 Å². The second-order valence-electron chi connectivity index (χ2n) is 5.08. The van der Waals surface area contributed by atoms with Crippen LogP contribution >= 0.6 is 0 Å². The van der Waals surface area contributed by atoms with Gasteiger partial charge in [0.25, 0.3) is 0 Å². The first-order valence-electron chi connectivity index (χ1n) is 7.78. The van der Waals surface area contributed by atoms with Gasteiger partial charge in [-0.15, -0.1) is 0 Å². The lowest BCUT2D eigenvalue weighted by Crippen LogP contribution is -2.22. The summed E-state index contributed by atoms with van der Waals surface area (Å²) in [5, 5.41) is 3.57. The molecule has 0 radical (unpaired) electrons. The lowest BCUT2D eigenvalue weighted by molar-refractivity contribution is 0.0656. The van der Waals surface area contributed by atoms with Gasteiger partial charge in [0.05, 0.1) is 6.61 Å². The SMILES string of the molecule is CCCNC(CC)c1cccc(OC(C)COCC)c1. The fourth-order valence-electron chi connectivity index (χ4n) is 2.17. The monoisotopic (exact) mass is 279 g/mol. The Bertz CT molecular complexity index is 368. The van der Waals surface area contributed by atoms with Crippen molar-refractivity contribution in [1.82, 2.24) is 5.32 Å². The molecule has 0 aliphatic heterocycles. The van der Waals surface area contributed by atoms with E-state index in [1.807, 2.05) is 19.9 Å². The molecule has 114 valence electrons. The Morgan fingerprint density at radius 2 is 2.00 bits per heavy atom. The minimum absolute atomic E-state index is 0.0777. The molecule has 1 aromatic rings. The van der Waals surface area contributed by atoms with E-state index in [0.29, 0.717) is 12.6 Å². The molecule has 0 saturated heterocycles. The van der Waals surface area contributed by atoms with Crippen LogP contribution in [0.2, 0.25) is 0 Å². The van der Waals surface area contributed by atoms with Crippen molar-refractivity contribution in [3.63, 3.8) is 0 Å². The summed E-state index contributed by atoms with van der Waals surface area (Å²) in [6.45, 7) is 10.8. The quantitative estimate of drug-likeness (QED) is 0.703. The van der Waals surface area contributed by atoms with Crippen LogP contribution in [-0.2, 0) is 4.74 Å². The third kappa shape index (κ3) is 5.93. The number of hydrogen-bond acceptors (Lipinski definition) is 3. The third-order valence-corrected chi connectivity index (χ3v) is 3.20. The van der Waals surface area contributed by atoms with Crippen molar-refractivity contribution in [1.29, 1.82) is 0 Å². The molecular weight excluding hydrogens is 250 g/mol. The summed E-state index contributed by atoms with van der Waals surface area (Å²) in [7, 11) is 0. The van der Waals surface area contributed by atoms with Crippen LogP contribution in [-0.4, -0.2) is 25.9 Å². The van der Waals surface area contributed by atoms with Gasteiger partial charge in [0.2, 0.25) is 0 Å².